The van der Waals surface area contributed by atoms with Gasteiger partial charge in [0.2, 0.25) is 11.8 Å². The van der Waals surface area contributed by atoms with E-state index < -0.39 is 24.0 Å². The van der Waals surface area contributed by atoms with Crippen LogP contribution in [0.5, 0.6) is 17.2 Å². The van der Waals surface area contributed by atoms with Crippen molar-refractivity contribution in [1.29, 1.82) is 0 Å². The molecule has 0 aromatic heterocycles. The maximum Gasteiger partial charge on any atom is 0.228 e. The third-order valence-electron chi connectivity index (χ3n) is 7.26. The van der Waals surface area contributed by atoms with E-state index in [1.807, 2.05) is 54.6 Å². The highest BCUT2D eigenvalue weighted by Gasteiger charge is 2.32. The van der Waals surface area contributed by atoms with Crippen molar-refractivity contribution in [1.82, 2.24) is 10.6 Å². The minimum Gasteiger partial charge on any atom is -0.508 e. The predicted molar refractivity (Wildman–Crippen MR) is 151 cm³/mol. The van der Waals surface area contributed by atoms with E-state index in [1.165, 1.54) is 0 Å². The van der Waals surface area contributed by atoms with Crippen molar-refractivity contribution in [2.45, 2.75) is 64.0 Å². The number of benzene rings is 3. The van der Waals surface area contributed by atoms with Crippen molar-refractivity contribution in [3.8, 4) is 17.2 Å². The number of aliphatic hydroxyl groups is 1. The Morgan fingerprint density at radius 2 is 1.77 bits per heavy atom. The number of phenols is 1. The number of carbonyl (C=O) groups is 2. The third-order valence-corrected chi connectivity index (χ3v) is 7.26. The highest BCUT2D eigenvalue weighted by Crippen LogP contribution is 2.39. The van der Waals surface area contributed by atoms with Crippen molar-refractivity contribution in [3.63, 3.8) is 0 Å². The van der Waals surface area contributed by atoms with Gasteiger partial charge in [-0.05, 0) is 61.1 Å². The molecule has 4 rings (SSSR count). The molecule has 0 spiro atoms. The molecule has 7 heteroatoms. The summed E-state index contributed by atoms with van der Waals surface area (Å²) in [6.45, 7) is 4.45. The Kier molecular flexibility index (Phi) is 9.60. The van der Waals surface area contributed by atoms with Gasteiger partial charge < -0.3 is 25.6 Å². The van der Waals surface area contributed by atoms with Gasteiger partial charge in [-0.1, -0.05) is 68.8 Å². The van der Waals surface area contributed by atoms with Crippen molar-refractivity contribution in [2.24, 2.45) is 5.92 Å². The minimum atomic E-state index is -0.979. The van der Waals surface area contributed by atoms with Crippen molar-refractivity contribution in [3.05, 3.63) is 89.5 Å². The first-order chi connectivity index (χ1) is 18.9. The van der Waals surface area contributed by atoms with Crippen molar-refractivity contribution in [2.75, 3.05) is 6.54 Å². The second kappa shape index (κ2) is 13.3. The number of hydrogen-bond donors (Lipinski definition) is 4. The maximum absolute atomic E-state index is 13.9. The van der Waals surface area contributed by atoms with Gasteiger partial charge in [0.1, 0.15) is 17.2 Å². The van der Waals surface area contributed by atoms with Crippen LogP contribution < -0.4 is 15.4 Å². The van der Waals surface area contributed by atoms with Crippen LogP contribution in [-0.2, 0) is 22.4 Å². The Bertz CT molecular complexity index is 1280. The van der Waals surface area contributed by atoms with Gasteiger partial charge in [-0.3, -0.25) is 9.59 Å². The van der Waals surface area contributed by atoms with Crippen LogP contribution in [0.3, 0.4) is 0 Å². The molecule has 4 atom stereocenters. The molecule has 2 amide bonds. The van der Waals surface area contributed by atoms with Gasteiger partial charge >= 0.3 is 0 Å². The topological polar surface area (TPSA) is 108 Å². The summed E-state index contributed by atoms with van der Waals surface area (Å²) in [5.41, 5.74) is 2.48. The molecule has 39 heavy (non-hydrogen) atoms. The fourth-order valence-electron chi connectivity index (χ4n) is 5.02. The number of para-hydroxylation sites is 2. The zero-order valence-corrected chi connectivity index (χ0v) is 22.6. The zero-order valence-electron chi connectivity index (χ0n) is 22.6. The summed E-state index contributed by atoms with van der Waals surface area (Å²) < 4.78 is 6.16. The molecule has 7 nitrogen and oxygen atoms in total. The number of ether oxygens (including phenoxy) is 1. The van der Waals surface area contributed by atoms with E-state index in [0.717, 1.165) is 35.3 Å². The summed E-state index contributed by atoms with van der Waals surface area (Å²) in [6, 6.07) is 21.3. The summed E-state index contributed by atoms with van der Waals surface area (Å²) in [5.74, 6) is 0.160. The fraction of sp³-hybridized carbons (Fsp3) is 0.375. The summed E-state index contributed by atoms with van der Waals surface area (Å²) in [5, 5.41) is 27.3. The normalized spacial score (nSPS) is 16.4. The Morgan fingerprint density at radius 1 is 1.03 bits per heavy atom. The largest absolute Gasteiger partial charge is 0.508 e. The molecule has 0 saturated heterocycles. The maximum atomic E-state index is 13.9. The first-order valence-electron chi connectivity index (χ1n) is 13.7. The number of hydrogen-bond acceptors (Lipinski definition) is 5. The molecule has 0 aliphatic carbocycles. The van der Waals surface area contributed by atoms with Crippen LogP contribution in [0.4, 0.5) is 0 Å². The molecule has 1 aliphatic rings. The standard InChI is InChI=1S/C32H38N2O5/c1-3-4-16-33-31(37)21(2)17-28(36)27(19-22-10-9-12-24(35)18-22)34-32(38)26-20-23-11-5-7-14-29(23)39-30-15-8-6-13-25(26)30/h5-15,18,21,26-28,35-36H,3-4,16-17,19-20H2,1-2H3,(H,33,37)(H,34,38)/t21-,26?,27-,28+/m0/s1. The van der Waals surface area contributed by atoms with Gasteiger partial charge in [-0.25, -0.2) is 0 Å². The Morgan fingerprint density at radius 3 is 2.54 bits per heavy atom. The fourth-order valence-corrected chi connectivity index (χ4v) is 5.02. The average molecular weight is 531 g/mol. The molecule has 0 saturated carbocycles. The van der Waals surface area contributed by atoms with E-state index in [9.17, 15) is 19.8 Å². The lowest BCUT2D eigenvalue weighted by molar-refractivity contribution is -0.126. The number of nitrogens with one attached hydrogen (secondary N) is 2. The quantitative estimate of drug-likeness (QED) is 0.265. The summed E-state index contributed by atoms with van der Waals surface area (Å²) >= 11 is 0. The first-order valence-corrected chi connectivity index (χ1v) is 13.7. The Hall–Kier alpha value is -3.84. The molecule has 0 bridgehead atoms. The van der Waals surface area contributed by atoms with E-state index in [2.05, 4.69) is 17.6 Å². The van der Waals surface area contributed by atoms with E-state index in [-0.39, 0.29) is 24.0 Å². The zero-order chi connectivity index (χ0) is 27.8. The van der Waals surface area contributed by atoms with Crippen LogP contribution in [0.2, 0.25) is 0 Å². The average Bonchev–Trinajstić information content (AvgIpc) is 3.09. The third kappa shape index (κ3) is 7.39. The summed E-state index contributed by atoms with van der Waals surface area (Å²) in [6.07, 6.45) is 1.83. The molecule has 0 fully saturated rings. The smallest absolute Gasteiger partial charge is 0.228 e. The second-order valence-electron chi connectivity index (χ2n) is 10.3. The number of fused-ring (bicyclic) bond motifs is 2. The number of aromatic hydroxyl groups is 1. The SMILES string of the molecule is CCCCNC(=O)[C@@H](C)C[C@@H](O)[C@H](Cc1cccc(O)c1)NC(=O)C1Cc2ccccc2Oc2ccccc21. The number of amides is 2. The van der Waals surface area contributed by atoms with Gasteiger partial charge in [0, 0.05) is 18.0 Å². The van der Waals surface area contributed by atoms with Gasteiger partial charge in [0.25, 0.3) is 0 Å². The molecule has 4 N–H and O–H groups in total. The van der Waals surface area contributed by atoms with E-state index in [1.54, 1.807) is 25.1 Å². The number of rotatable bonds is 11. The molecule has 206 valence electrons. The van der Waals surface area contributed by atoms with Crippen LogP contribution in [0.25, 0.3) is 0 Å². The first kappa shape index (κ1) is 28.2. The summed E-state index contributed by atoms with van der Waals surface area (Å²) in [4.78, 5) is 26.5. The van der Waals surface area contributed by atoms with Crippen LogP contribution in [0.1, 0.15) is 55.7 Å². The number of unbranched alkanes of at least 4 members (excludes halogenated alkanes) is 1. The van der Waals surface area contributed by atoms with Crippen LogP contribution in [0, 0.1) is 5.92 Å². The van der Waals surface area contributed by atoms with Gasteiger partial charge in [0.05, 0.1) is 18.1 Å². The van der Waals surface area contributed by atoms with Crippen molar-refractivity contribution >= 4 is 11.8 Å². The molecule has 1 unspecified atom stereocenters. The molecule has 1 aliphatic heterocycles. The van der Waals surface area contributed by atoms with Crippen molar-refractivity contribution < 1.29 is 24.5 Å². The molecule has 0 radical (unpaired) electrons. The molecule has 3 aromatic carbocycles. The highest BCUT2D eigenvalue weighted by atomic mass is 16.5. The number of aliphatic hydroxyl groups excluding tert-OH is 1. The lowest BCUT2D eigenvalue weighted by Crippen LogP contribution is -2.48. The van der Waals surface area contributed by atoms with Gasteiger partial charge in [-0.15, -0.1) is 0 Å². The van der Waals surface area contributed by atoms with E-state index in [4.69, 9.17) is 4.74 Å². The van der Waals surface area contributed by atoms with E-state index in [0.29, 0.717) is 25.1 Å². The van der Waals surface area contributed by atoms with Gasteiger partial charge in [-0.2, -0.15) is 0 Å². The predicted octanol–water partition coefficient (Wildman–Crippen LogP) is 4.86. The number of phenolic OH excluding ortho intramolecular Hbond substituents is 1. The highest BCUT2D eigenvalue weighted by molar-refractivity contribution is 5.85. The molecular formula is C32H38N2O5. The van der Waals surface area contributed by atoms with Crippen LogP contribution in [-0.4, -0.2) is 40.7 Å². The monoisotopic (exact) mass is 530 g/mol. The Balaban J connectivity index is 1.56. The molecule has 1 heterocycles. The lowest BCUT2D eigenvalue weighted by atomic mass is 9.89. The molecule has 3 aromatic rings. The van der Waals surface area contributed by atoms with Gasteiger partial charge in [0.15, 0.2) is 0 Å². The van der Waals surface area contributed by atoms with Crippen LogP contribution >= 0.6 is 0 Å². The number of carbonyl (C=O) groups excluding carboxylic acids is 2. The minimum absolute atomic E-state index is 0.113. The lowest BCUT2D eigenvalue weighted by Gasteiger charge is -2.28. The molecular weight excluding hydrogens is 492 g/mol. The summed E-state index contributed by atoms with van der Waals surface area (Å²) in [7, 11) is 0. The van der Waals surface area contributed by atoms with Crippen LogP contribution in [0.15, 0.2) is 72.8 Å². The second-order valence-corrected chi connectivity index (χ2v) is 10.3. The Labute approximate surface area is 230 Å². The van der Waals surface area contributed by atoms with E-state index >= 15 is 0 Å².